The van der Waals surface area contributed by atoms with Crippen molar-refractivity contribution >= 4 is 0 Å². The zero-order chi connectivity index (χ0) is 12.1. The van der Waals surface area contributed by atoms with Crippen molar-refractivity contribution in [1.82, 2.24) is 10.2 Å². The Labute approximate surface area is 109 Å². The van der Waals surface area contributed by atoms with Crippen molar-refractivity contribution in [3.63, 3.8) is 0 Å². The first-order chi connectivity index (χ1) is 8.79. The van der Waals surface area contributed by atoms with E-state index in [-0.39, 0.29) is 0 Å². The average Bonchev–Trinajstić information content (AvgIpc) is 2.77. The number of furan rings is 1. The maximum Gasteiger partial charge on any atom is 0.118 e. The Bertz CT molecular complexity index is 429. The van der Waals surface area contributed by atoms with Crippen LogP contribution in [0.3, 0.4) is 0 Å². The number of fused-ring (bicyclic) bond motifs is 1. The molecule has 1 aromatic rings. The third kappa shape index (κ3) is 1.90. The predicted octanol–water partition coefficient (Wildman–Crippen LogP) is 2.05. The van der Waals surface area contributed by atoms with Crippen molar-refractivity contribution in [2.75, 3.05) is 26.2 Å². The van der Waals surface area contributed by atoms with Crippen molar-refractivity contribution in [2.24, 2.45) is 17.8 Å². The summed E-state index contributed by atoms with van der Waals surface area (Å²) in [6.07, 6.45) is 1.31. The van der Waals surface area contributed by atoms with Gasteiger partial charge in [0.05, 0.1) is 6.54 Å². The van der Waals surface area contributed by atoms with Gasteiger partial charge in [-0.1, -0.05) is 6.92 Å². The molecule has 0 bridgehead atoms. The number of rotatable bonds is 3. The van der Waals surface area contributed by atoms with Gasteiger partial charge in [0.15, 0.2) is 0 Å². The van der Waals surface area contributed by atoms with E-state index in [4.69, 9.17) is 4.42 Å². The lowest BCUT2D eigenvalue weighted by atomic mass is 10.0. The van der Waals surface area contributed by atoms with Crippen molar-refractivity contribution < 1.29 is 4.42 Å². The summed E-state index contributed by atoms with van der Waals surface area (Å²) in [4.78, 5) is 2.56. The van der Waals surface area contributed by atoms with Crippen LogP contribution in [0.5, 0.6) is 0 Å². The molecular weight excluding hydrogens is 224 g/mol. The van der Waals surface area contributed by atoms with Crippen LogP contribution >= 0.6 is 0 Å². The first kappa shape index (κ1) is 11.1. The van der Waals surface area contributed by atoms with E-state index in [1.54, 1.807) is 0 Å². The smallest absolute Gasteiger partial charge is 0.118 e. The highest BCUT2D eigenvalue weighted by Crippen LogP contribution is 2.47. The molecule has 0 amide bonds. The van der Waals surface area contributed by atoms with E-state index in [0.717, 1.165) is 30.1 Å². The number of hydrogen-bond donors (Lipinski definition) is 1. The van der Waals surface area contributed by atoms with Gasteiger partial charge in [-0.15, -0.1) is 0 Å². The van der Waals surface area contributed by atoms with Crippen LogP contribution in [-0.2, 0) is 6.54 Å². The fourth-order valence-corrected chi connectivity index (χ4v) is 3.70. The molecule has 1 aliphatic carbocycles. The van der Waals surface area contributed by atoms with Crippen LogP contribution in [0.15, 0.2) is 16.5 Å². The minimum absolute atomic E-state index is 0.709. The van der Waals surface area contributed by atoms with E-state index >= 15 is 0 Å². The molecule has 1 N–H and O–H groups in total. The summed E-state index contributed by atoms with van der Waals surface area (Å²) in [6.45, 7) is 8.23. The first-order valence-corrected chi connectivity index (χ1v) is 7.31. The molecule has 3 heterocycles. The number of nitrogens with zero attached hydrogens (tertiary/aromatic N) is 1. The lowest BCUT2D eigenvalue weighted by Crippen LogP contribution is -2.25. The van der Waals surface area contributed by atoms with Crippen LogP contribution in [-0.4, -0.2) is 31.1 Å². The van der Waals surface area contributed by atoms with E-state index in [9.17, 15) is 0 Å². The number of likely N-dealkylation sites (tertiary alicyclic amines) is 1. The zero-order valence-electron chi connectivity index (χ0n) is 11.1. The van der Waals surface area contributed by atoms with Crippen molar-refractivity contribution in [2.45, 2.75) is 25.8 Å². The summed E-state index contributed by atoms with van der Waals surface area (Å²) in [6, 6.07) is 4.38. The maximum atomic E-state index is 6.00. The van der Waals surface area contributed by atoms with Gasteiger partial charge in [-0.25, -0.2) is 0 Å². The maximum absolute atomic E-state index is 6.00. The standard InChI is InChI=1S/C15H22N2O/c1-10-4-14(10)15-3-2-13(18-15)9-17-7-11-5-16-6-12(11)8-17/h2-3,10-12,14,16H,4-9H2,1H3/t10?,11-,12+,14?. The summed E-state index contributed by atoms with van der Waals surface area (Å²) in [7, 11) is 0. The molecule has 3 heteroatoms. The van der Waals surface area contributed by atoms with Gasteiger partial charge in [0.2, 0.25) is 0 Å². The first-order valence-electron chi connectivity index (χ1n) is 7.31. The molecular formula is C15H22N2O. The molecule has 18 heavy (non-hydrogen) atoms. The lowest BCUT2D eigenvalue weighted by Gasteiger charge is -2.14. The molecule has 4 rings (SSSR count). The predicted molar refractivity (Wildman–Crippen MR) is 70.4 cm³/mol. The van der Waals surface area contributed by atoms with Crippen LogP contribution in [0.1, 0.15) is 30.8 Å². The van der Waals surface area contributed by atoms with Crippen molar-refractivity contribution in [3.8, 4) is 0 Å². The fourth-order valence-electron chi connectivity index (χ4n) is 3.70. The summed E-state index contributed by atoms with van der Waals surface area (Å²) >= 11 is 0. The highest BCUT2D eigenvalue weighted by Gasteiger charge is 2.38. The Hall–Kier alpha value is -0.800. The molecule has 3 nitrogen and oxygen atoms in total. The summed E-state index contributed by atoms with van der Waals surface area (Å²) in [5.74, 6) is 5.68. The molecule has 2 aliphatic heterocycles. The third-order valence-corrected chi connectivity index (χ3v) is 5.00. The number of nitrogens with one attached hydrogen (secondary N) is 1. The van der Waals surface area contributed by atoms with Gasteiger partial charge in [0.1, 0.15) is 11.5 Å². The second kappa shape index (κ2) is 4.10. The van der Waals surface area contributed by atoms with E-state index in [1.165, 1.54) is 38.4 Å². The molecule has 0 radical (unpaired) electrons. The molecule has 1 saturated carbocycles. The summed E-state index contributed by atoms with van der Waals surface area (Å²) in [5, 5.41) is 3.49. The van der Waals surface area contributed by atoms with Gasteiger partial charge >= 0.3 is 0 Å². The topological polar surface area (TPSA) is 28.4 Å². The second-order valence-electron chi connectivity index (χ2n) is 6.50. The Balaban J connectivity index is 1.38. The molecule has 1 aromatic heterocycles. The fraction of sp³-hybridized carbons (Fsp3) is 0.733. The monoisotopic (exact) mass is 246 g/mol. The van der Waals surface area contributed by atoms with Gasteiger partial charge in [-0.2, -0.15) is 0 Å². The normalized spacial score (nSPS) is 39.2. The van der Waals surface area contributed by atoms with Crippen LogP contribution in [0.4, 0.5) is 0 Å². The van der Waals surface area contributed by atoms with Gasteiger partial charge < -0.3 is 9.73 Å². The van der Waals surface area contributed by atoms with Crippen molar-refractivity contribution in [1.29, 1.82) is 0 Å². The van der Waals surface area contributed by atoms with Crippen LogP contribution < -0.4 is 5.32 Å². The Morgan fingerprint density at radius 3 is 2.67 bits per heavy atom. The zero-order valence-corrected chi connectivity index (χ0v) is 11.1. The van der Waals surface area contributed by atoms with Gasteiger partial charge in [0, 0.05) is 19.0 Å². The molecule has 0 aromatic carbocycles. The van der Waals surface area contributed by atoms with Gasteiger partial charge in [-0.05, 0) is 49.4 Å². The van der Waals surface area contributed by atoms with Crippen LogP contribution in [0, 0.1) is 17.8 Å². The van der Waals surface area contributed by atoms with E-state index in [0.29, 0.717) is 5.92 Å². The highest BCUT2D eigenvalue weighted by molar-refractivity contribution is 5.17. The quantitative estimate of drug-likeness (QED) is 0.885. The largest absolute Gasteiger partial charge is 0.464 e. The summed E-state index contributed by atoms with van der Waals surface area (Å²) in [5.41, 5.74) is 0. The van der Waals surface area contributed by atoms with Crippen LogP contribution in [0.2, 0.25) is 0 Å². The van der Waals surface area contributed by atoms with Gasteiger partial charge in [-0.3, -0.25) is 4.90 Å². The Morgan fingerprint density at radius 2 is 2.00 bits per heavy atom. The minimum Gasteiger partial charge on any atom is -0.464 e. The lowest BCUT2D eigenvalue weighted by molar-refractivity contribution is 0.274. The summed E-state index contributed by atoms with van der Waals surface area (Å²) < 4.78 is 6.00. The van der Waals surface area contributed by atoms with E-state index < -0.39 is 0 Å². The molecule has 98 valence electrons. The minimum atomic E-state index is 0.709. The Morgan fingerprint density at radius 1 is 1.28 bits per heavy atom. The van der Waals surface area contributed by atoms with Crippen LogP contribution in [0.25, 0.3) is 0 Å². The van der Waals surface area contributed by atoms with Gasteiger partial charge in [0.25, 0.3) is 0 Å². The molecule has 3 aliphatic rings. The molecule has 2 unspecified atom stereocenters. The molecule has 2 saturated heterocycles. The molecule has 3 fully saturated rings. The average molecular weight is 246 g/mol. The van der Waals surface area contributed by atoms with E-state index in [1.807, 2.05) is 0 Å². The third-order valence-electron chi connectivity index (χ3n) is 5.00. The van der Waals surface area contributed by atoms with Crippen molar-refractivity contribution in [3.05, 3.63) is 23.7 Å². The number of hydrogen-bond acceptors (Lipinski definition) is 3. The SMILES string of the molecule is CC1CC1c1ccc(CN2C[C@H]3CNC[C@H]3C2)o1. The Kier molecular flexibility index (Phi) is 2.52. The van der Waals surface area contributed by atoms with E-state index in [2.05, 4.69) is 29.3 Å². The highest BCUT2D eigenvalue weighted by atomic mass is 16.3. The molecule has 0 spiro atoms. The second-order valence-corrected chi connectivity index (χ2v) is 6.50. The molecule has 4 atom stereocenters.